The van der Waals surface area contributed by atoms with Crippen molar-refractivity contribution in [3.63, 3.8) is 0 Å². The average molecular weight is 357 g/mol. The molecule has 1 aliphatic heterocycles. The second-order valence-corrected chi connectivity index (χ2v) is 6.96. The van der Waals surface area contributed by atoms with Crippen LogP contribution in [0.3, 0.4) is 0 Å². The van der Waals surface area contributed by atoms with Gasteiger partial charge in [-0.1, -0.05) is 12.8 Å². The van der Waals surface area contributed by atoms with Crippen LogP contribution in [0.1, 0.15) is 55.8 Å². The molecule has 1 heterocycles. The third kappa shape index (κ3) is 3.61. The molecule has 7 nitrogen and oxygen atoms in total. The number of urea groups is 1. The lowest BCUT2D eigenvalue weighted by Gasteiger charge is -2.19. The molecule has 1 aromatic carbocycles. The van der Waals surface area contributed by atoms with E-state index in [1.165, 1.54) is 11.8 Å². The first-order valence-corrected chi connectivity index (χ1v) is 8.96. The Morgan fingerprint density at radius 1 is 1.15 bits per heavy atom. The number of benzene rings is 1. The van der Waals surface area contributed by atoms with Gasteiger partial charge in [0, 0.05) is 24.2 Å². The van der Waals surface area contributed by atoms with E-state index in [1.807, 2.05) is 0 Å². The van der Waals surface area contributed by atoms with Crippen LogP contribution < -0.4 is 10.6 Å². The Hall–Kier alpha value is -2.70. The summed E-state index contributed by atoms with van der Waals surface area (Å²) in [5.74, 6) is -0.375. The second-order valence-electron chi connectivity index (χ2n) is 6.96. The molecule has 1 saturated carbocycles. The minimum Gasteiger partial charge on any atom is -0.326 e. The summed E-state index contributed by atoms with van der Waals surface area (Å²) >= 11 is 0. The van der Waals surface area contributed by atoms with Gasteiger partial charge in [0.2, 0.25) is 5.91 Å². The van der Waals surface area contributed by atoms with Gasteiger partial charge in [-0.3, -0.25) is 19.3 Å². The zero-order valence-electron chi connectivity index (χ0n) is 14.8. The molecule has 4 amide bonds. The molecule has 1 aromatic rings. The summed E-state index contributed by atoms with van der Waals surface area (Å²) in [6, 6.07) is 6.32. The van der Waals surface area contributed by atoms with E-state index in [4.69, 9.17) is 0 Å². The Kier molecular flexibility index (Phi) is 5.06. The molecule has 1 spiro atoms. The van der Waals surface area contributed by atoms with Crippen molar-refractivity contribution >= 4 is 29.3 Å². The predicted octanol–water partition coefficient (Wildman–Crippen LogP) is 2.47. The van der Waals surface area contributed by atoms with Gasteiger partial charge in [-0.15, -0.1) is 0 Å². The number of ketones is 1. The van der Waals surface area contributed by atoms with E-state index >= 15 is 0 Å². The van der Waals surface area contributed by atoms with E-state index < -0.39 is 5.54 Å². The summed E-state index contributed by atoms with van der Waals surface area (Å²) in [7, 11) is 0. The summed E-state index contributed by atoms with van der Waals surface area (Å²) < 4.78 is 0. The summed E-state index contributed by atoms with van der Waals surface area (Å²) in [6.45, 7) is 1.72. The molecule has 2 aliphatic rings. The highest BCUT2D eigenvalue weighted by Crippen LogP contribution is 2.35. The number of Topliss-reactive ketones (excluding diaryl/α,β-unsaturated/α-hetero) is 1. The fourth-order valence-corrected chi connectivity index (χ4v) is 3.61. The van der Waals surface area contributed by atoms with Crippen LogP contribution in [0.25, 0.3) is 0 Å². The number of nitrogens with one attached hydrogen (secondary N) is 2. The molecule has 1 saturated heterocycles. The number of anilines is 1. The van der Waals surface area contributed by atoms with Crippen molar-refractivity contribution in [2.45, 2.75) is 51.0 Å². The minimum atomic E-state index is -0.697. The van der Waals surface area contributed by atoms with Crippen LogP contribution in [0.15, 0.2) is 24.3 Å². The summed E-state index contributed by atoms with van der Waals surface area (Å²) in [5, 5.41) is 5.58. The number of hydrogen-bond acceptors (Lipinski definition) is 4. The zero-order chi connectivity index (χ0) is 18.7. The fourth-order valence-electron chi connectivity index (χ4n) is 3.61. The topological polar surface area (TPSA) is 95.6 Å². The van der Waals surface area contributed by atoms with Crippen LogP contribution in [0.2, 0.25) is 0 Å². The Balaban J connectivity index is 1.47. The zero-order valence-corrected chi connectivity index (χ0v) is 14.8. The van der Waals surface area contributed by atoms with Gasteiger partial charge < -0.3 is 10.6 Å². The third-order valence-corrected chi connectivity index (χ3v) is 5.06. The molecular formula is C19H23N3O4. The lowest BCUT2D eigenvalue weighted by atomic mass is 9.98. The van der Waals surface area contributed by atoms with Crippen LogP contribution in [0.4, 0.5) is 10.5 Å². The van der Waals surface area contributed by atoms with Crippen LogP contribution in [-0.2, 0) is 9.59 Å². The van der Waals surface area contributed by atoms with E-state index in [1.54, 1.807) is 24.3 Å². The SMILES string of the molecule is CC(=O)c1ccc(NC(=O)CCCN2C(=O)NC3(CCCC3)C2=O)cc1. The van der Waals surface area contributed by atoms with Crippen molar-refractivity contribution in [1.82, 2.24) is 10.2 Å². The normalized spacial score (nSPS) is 18.3. The maximum absolute atomic E-state index is 12.5. The Labute approximate surface area is 152 Å². The first-order valence-electron chi connectivity index (χ1n) is 8.96. The summed E-state index contributed by atoms with van der Waals surface area (Å²) in [5.41, 5.74) is 0.500. The highest BCUT2D eigenvalue weighted by Gasteiger charge is 2.51. The van der Waals surface area contributed by atoms with Crippen molar-refractivity contribution < 1.29 is 19.2 Å². The maximum Gasteiger partial charge on any atom is 0.325 e. The molecule has 3 rings (SSSR count). The van der Waals surface area contributed by atoms with Gasteiger partial charge in [-0.25, -0.2) is 4.79 Å². The molecule has 0 bridgehead atoms. The van der Waals surface area contributed by atoms with Gasteiger partial charge in [0.1, 0.15) is 5.54 Å². The van der Waals surface area contributed by atoms with Crippen molar-refractivity contribution in [3.05, 3.63) is 29.8 Å². The van der Waals surface area contributed by atoms with Gasteiger partial charge in [0.05, 0.1) is 0 Å². The van der Waals surface area contributed by atoms with Crippen molar-refractivity contribution in [2.75, 3.05) is 11.9 Å². The number of rotatable bonds is 6. The molecule has 0 atom stereocenters. The molecule has 0 unspecified atom stereocenters. The molecule has 1 aliphatic carbocycles. The fraction of sp³-hybridized carbons (Fsp3) is 0.474. The molecule has 2 N–H and O–H groups in total. The van der Waals surface area contributed by atoms with Gasteiger partial charge in [-0.05, 0) is 50.5 Å². The highest BCUT2D eigenvalue weighted by molar-refractivity contribution is 6.07. The number of carbonyl (C=O) groups is 4. The largest absolute Gasteiger partial charge is 0.326 e. The summed E-state index contributed by atoms with van der Waals surface area (Å²) in [4.78, 5) is 49.1. The first-order chi connectivity index (χ1) is 12.4. The van der Waals surface area contributed by atoms with Crippen molar-refractivity contribution in [2.24, 2.45) is 0 Å². The molecule has 2 fully saturated rings. The second kappa shape index (κ2) is 7.27. The molecular weight excluding hydrogens is 334 g/mol. The number of hydrogen-bond donors (Lipinski definition) is 2. The van der Waals surface area contributed by atoms with Gasteiger partial charge in [0.15, 0.2) is 5.78 Å². The summed E-state index contributed by atoms with van der Waals surface area (Å²) in [6.07, 6.45) is 3.91. The maximum atomic E-state index is 12.5. The number of imide groups is 1. The highest BCUT2D eigenvalue weighted by atomic mass is 16.2. The number of carbonyl (C=O) groups excluding carboxylic acids is 4. The van der Waals surface area contributed by atoms with Crippen molar-refractivity contribution in [1.29, 1.82) is 0 Å². The van der Waals surface area contributed by atoms with E-state index in [0.29, 0.717) is 30.5 Å². The van der Waals surface area contributed by atoms with E-state index in [2.05, 4.69) is 10.6 Å². The number of nitrogens with zero attached hydrogens (tertiary/aromatic N) is 1. The first kappa shape index (κ1) is 18.1. The average Bonchev–Trinajstić information content (AvgIpc) is 3.16. The number of amides is 4. The lowest BCUT2D eigenvalue weighted by molar-refractivity contribution is -0.131. The Bertz CT molecular complexity index is 736. The van der Waals surface area contributed by atoms with E-state index in [9.17, 15) is 19.2 Å². The van der Waals surface area contributed by atoms with Gasteiger partial charge >= 0.3 is 6.03 Å². The van der Waals surface area contributed by atoms with Gasteiger partial charge in [0.25, 0.3) is 5.91 Å². The monoisotopic (exact) mass is 357 g/mol. The Morgan fingerprint density at radius 3 is 2.42 bits per heavy atom. The Morgan fingerprint density at radius 2 is 1.81 bits per heavy atom. The van der Waals surface area contributed by atoms with Crippen LogP contribution in [-0.4, -0.2) is 40.6 Å². The minimum absolute atomic E-state index is 0.0310. The molecule has 26 heavy (non-hydrogen) atoms. The predicted molar refractivity (Wildman–Crippen MR) is 95.8 cm³/mol. The standard InChI is InChI=1S/C19H23N3O4/c1-13(23)14-6-8-15(9-7-14)20-16(24)5-4-12-22-17(25)19(21-18(22)26)10-2-3-11-19/h6-9H,2-5,10-12H2,1H3,(H,20,24)(H,21,26). The molecule has 138 valence electrons. The van der Waals surface area contributed by atoms with Crippen LogP contribution in [0.5, 0.6) is 0 Å². The van der Waals surface area contributed by atoms with E-state index in [-0.39, 0.29) is 36.6 Å². The van der Waals surface area contributed by atoms with Crippen molar-refractivity contribution in [3.8, 4) is 0 Å². The molecule has 0 aromatic heterocycles. The molecule has 0 radical (unpaired) electrons. The van der Waals surface area contributed by atoms with Crippen LogP contribution >= 0.6 is 0 Å². The van der Waals surface area contributed by atoms with E-state index in [0.717, 1.165) is 12.8 Å². The van der Waals surface area contributed by atoms with Crippen LogP contribution in [0, 0.1) is 0 Å². The lowest BCUT2D eigenvalue weighted by Crippen LogP contribution is -2.44. The third-order valence-electron chi connectivity index (χ3n) is 5.06. The quantitative estimate of drug-likeness (QED) is 0.604. The smallest absolute Gasteiger partial charge is 0.325 e. The molecule has 7 heteroatoms. The van der Waals surface area contributed by atoms with Gasteiger partial charge in [-0.2, -0.15) is 0 Å².